The molecule has 4 aliphatic heterocycles. The summed E-state index contributed by atoms with van der Waals surface area (Å²) in [5.41, 5.74) is 16.3. The second kappa shape index (κ2) is 27.7. The molecular formula is C80H80O12. The van der Waals surface area contributed by atoms with Crippen molar-refractivity contribution in [2.24, 2.45) is 0 Å². The van der Waals surface area contributed by atoms with Crippen LogP contribution in [0.4, 0.5) is 0 Å². The van der Waals surface area contributed by atoms with Gasteiger partial charge in [-0.25, -0.2) is 0 Å². The Balaban J connectivity index is 1.26. The molecular weight excluding hydrogens is 1150 g/mol. The van der Waals surface area contributed by atoms with Gasteiger partial charge in [0.15, 0.2) is 0 Å². The van der Waals surface area contributed by atoms with Gasteiger partial charge in [0.25, 0.3) is 0 Å². The number of rotatable bonds is 24. The van der Waals surface area contributed by atoms with E-state index in [4.69, 9.17) is 37.9 Å². The van der Waals surface area contributed by atoms with Crippen LogP contribution in [0.3, 0.4) is 0 Å². The first kappa shape index (κ1) is 61.7. The molecule has 1 aliphatic carbocycles. The number of hydrogen-bond donors (Lipinski definition) is 0. The lowest BCUT2D eigenvalue weighted by molar-refractivity contribution is 0.100. The summed E-state index contributed by atoms with van der Waals surface area (Å²) in [6, 6.07) is 40.2. The van der Waals surface area contributed by atoms with E-state index in [-0.39, 0.29) is 50.8 Å². The van der Waals surface area contributed by atoms with Crippen molar-refractivity contribution in [3.05, 3.63) is 188 Å². The molecule has 0 amide bonds. The molecule has 92 heavy (non-hydrogen) atoms. The molecule has 12 heteroatoms. The minimum atomic E-state index is -0.337. The van der Waals surface area contributed by atoms with Crippen LogP contribution in [0.2, 0.25) is 0 Å². The normalized spacial score (nSPS) is 17.0. The molecule has 0 saturated heterocycles. The third kappa shape index (κ3) is 11.6. The van der Waals surface area contributed by atoms with Gasteiger partial charge in [-0.2, -0.15) is 0 Å². The summed E-state index contributed by atoms with van der Waals surface area (Å²) in [4.78, 5) is 49.8. The van der Waals surface area contributed by atoms with Gasteiger partial charge in [0, 0.05) is 90.4 Å². The van der Waals surface area contributed by atoms with Crippen molar-refractivity contribution < 1.29 is 57.1 Å². The number of hydrogen-bond acceptors (Lipinski definition) is 12. The number of carbonyl (C=O) groups is 4. The zero-order valence-corrected chi connectivity index (χ0v) is 53.2. The van der Waals surface area contributed by atoms with Crippen molar-refractivity contribution in [3.8, 4) is 90.5 Å². The predicted molar refractivity (Wildman–Crippen MR) is 357 cm³/mol. The van der Waals surface area contributed by atoms with Gasteiger partial charge in [-0.05, 0) is 72.2 Å². The van der Waals surface area contributed by atoms with Crippen molar-refractivity contribution in [3.63, 3.8) is 0 Å². The first-order chi connectivity index (χ1) is 45.3. The largest absolute Gasteiger partial charge is 0.456 e. The fraction of sp³-hybridized carbons (Fsp3) is 0.350. The second-order valence-corrected chi connectivity index (χ2v) is 25.1. The molecule has 4 heterocycles. The average molecular weight is 1230 g/mol. The molecule has 8 aromatic carbocycles. The maximum atomic E-state index is 12.4. The summed E-state index contributed by atoms with van der Waals surface area (Å²) < 4.78 is 58.1. The number of benzene rings is 8. The van der Waals surface area contributed by atoms with E-state index in [0.29, 0.717) is 68.2 Å². The average Bonchev–Trinajstić information content (AvgIpc) is 0.745. The summed E-state index contributed by atoms with van der Waals surface area (Å²) >= 11 is 0. The molecule has 0 unspecified atom stereocenters. The zero-order chi connectivity index (χ0) is 63.2. The highest BCUT2D eigenvalue weighted by atomic mass is 16.7. The Kier molecular flexibility index (Phi) is 18.6. The van der Waals surface area contributed by atoms with Gasteiger partial charge < -0.3 is 37.9 Å². The monoisotopic (exact) mass is 1230 g/mol. The first-order valence-electron chi connectivity index (χ1n) is 33.4. The van der Waals surface area contributed by atoms with Crippen molar-refractivity contribution >= 4 is 25.1 Å². The minimum Gasteiger partial charge on any atom is -0.456 e. The van der Waals surface area contributed by atoms with Crippen molar-refractivity contribution in [1.29, 1.82) is 0 Å². The van der Waals surface area contributed by atoms with E-state index in [0.717, 1.165) is 217 Å². The molecule has 0 N–H and O–H groups in total. The molecule has 8 aromatic rings. The fourth-order valence-electron chi connectivity index (χ4n) is 14.9. The summed E-state index contributed by atoms with van der Waals surface area (Å²) in [5.74, 6) is 3.68. The van der Waals surface area contributed by atoms with Gasteiger partial charge in [-0.1, -0.05) is 202 Å². The number of unbranched alkanes of at least 4 members (excludes halogenated alkanes) is 8. The number of aldehydes is 4. The summed E-state index contributed by atoms with van der Waals surface area (Å²) in [7, 11) is 0. The van der Waals surface area contributed by atoms with Crippen molar-refractivity contribution in [2.45, 2.75) is 154 Å². The lowest BCUT2D eigenvalue weighted by Crippen LogP contribution is -2.24. The van der Waals surface area contributed by atoms with E-state index in [2.05, 4.69) is 52.0 Å². The van der Waals surface area contributed by atoms with Crippen LogP contribution < -0.4 is 37.9 Å². The Morgan fingerprint density at radius 2 is 0.446 bits per heavy atom. The summed E-state index contributed by atoms with van der Waals surface area (Å²) in [5, 5.41) is 0. The SMILES string of the molecule is CCCCCC1c2cc3c4c(-c5ccc(C=O)cc5)c2OCOc2c1cc1c(c2-c2ccc(C=O)cc2)OCOc2c(cc5c(c2-c2ccc(C=O)cc2)OCOc2c(cc(c(c2-c2ccc(C=O)cc2)OCO4)C3CCCCC)C5CCCCC)C1CCCCC. The van der Waals surface area contributed by atoms with E-state index in [9.17, 15) is 19.2 Å². The quantitative estimate of drug-likeness (QED) is 0.0420. The van der Waals surface area contributed by atoms with Gasteiger partial charge >= 0.3 is 0 Å². The van der Waals surface area contributed by atoms with Crippen molar-refractivity contribution in [2.75, 3.05) is 27.2 Å². The summed E-state index contributed by atoms with van der Waals surface area (Å²) in [6.07, 6.45) is 17.8. The van der Waals surface area contributed by atoms with Crippen LogP contribution in [-0.2, 0) is 0 Å². The van der Waals surface area contributed by atoms with E-state index >= 15 is 0 Å². The molecule has 0 saturated carbocycles. The molecule has 0 fully saturated rings. The van der Waals surface area contributed by atoms with Crippen LogP contribution >= 0.6 is 0 Å². The highest BCUT2D eigenvalue weighted by molar-refractivity contribution is 5.90. The Labute approximate surface area is 539 Å². The third-order valence-corrected chi connectivity index (χ3v) is 19.5. The van der Waals surface area contributed by atoms with Crippen LogP contribution in [0.25, 0.3) is 44.5 Å². The Hall–Kier alpha value is -9.16. The Morgan fingerprint density at radius 3 is 0.598 bits per heavy atom. The molecule has 8 bridgehead atoms. The highest BCUT2D eigenvalue weighted by Crippen LogP contribution is 2.62. The third-order valence-electron chi connectivity index (χ3n) is 19.5. The van der Waals surface area contributed by atoms with Crippen LogP contribution in [0.1, 0.15) is 240 Å². The molecule has 0 atom stereocenters. The molecule has 5 aliphatic rings. The van der Waals surface area contributed by atoms with Gasteiger partial charge in [0.2, 0.25) is 27.2 Å². The zero-order valence-electron chi connectivity index (χ0n) is 53.2. The van der Waals surface area contributed by atoms with E-state index in [1.165, 1.54) is 0 Å². The standard InChI is InChI=1S/C80H80O12/c1-5-9-13-17-57-61-37-63-58(18-14-10-6-2)65-39-67-60(20-16-12-8-4)68-40-66-59(19-15-11-7-3)64-38-62(57)74-70(54-31-23-50(42-82)24-32-54)76(64)88-47-90-78(66)72(56-35-27-52(44-84)28-36-56)80(68)92-48-91-79(67)71(55-33-25-51(43-83)26-34-55)77(65)89-46-87-75(63)69(73(61)85-45-86-74)53-29-21-49(41-81)22-30-53/h21-44,57-60H,5-20,45-48H2,1-4H3. The molecule has 472 valence electrons. The smallest absolute Gasteiger partial charge is 0.230 e. The maximum absolute atomic E-state index is 12.4. The molecule has 12 nitrogen and oxygen atoms in total. The summed E-state index contributed by atoms with van der Waals surface area (Å²) in [6.45, 7) is 8.19. The molecule has 0 spiro atoms. The van der Waals surface area contributed by atoms with Crippen LogP contribution in [0.15, 0.2) is 121 Å². The minimum absolute atomic E-state index is 0.188. The molecule has 0 aromatic heterocycles. The van der Waals surface area contributed by atoms with Crippen LogP contribution in [0, 0.1) is 0 Å². The Bertz CT molecular complexity index is 3390. The Morgan fingerprint density at radius 1 is 0.272 bits per heavy atom. The maximum Gasteiger partial charge on any atom is 0.230 e. The van der Waals surface area contributed by atoms with Crippen LogP contribution in [0.5, 0.6) is 46.0 Å². The highest BCUT2D eigenvalue weighted by Gasteiger charge is 2.42. The van der Waals surface area contributed by atoms with E-state index in [1.54, 1.807) is 0 Å². The van der Waals surface area contributed by atoms with E-state index < -0.39 is 0 Å². The second-order valence-electron chi connectivity index (χ2n) is 25.1. The van der Waals surface area contributed by atoms with Crippen molar-refractivity contribution in [1.82, 2.24) is 0 Å². The predicted octanol–water partition coefficient (Wildman–Crippen LogP) is 19.7. The molecule has 0 radical (unpaired) electrons. The number of ether oxygens (including phenoxy) is 8. The fourth-order valence-corrected chi connectivity index (χ4v) is 14.9. The lowest BCUT2D eigenvalue weighted by Gasteiger charge is -2.38. The van der Waals surface area contributed by atoms with E-state index in [1.807, 2.05) is 97.1 Å². The van der Waals surface area contributed by atoms with Gasteiger partial charge in [-0.15, -0.1) is 0 Å². The van der Waals surface area contributed by atoms with Gasteiger partial charge in [0.05, 0.1) is 22.3 Å². The lowest BCUT2D eigenvalue weighted by atomic mass is 9.73. The molecule has 13 rings (SSSR count). The first-order valence-corrected chi connectivity index (χ1v) is 33.4. The van der Waals surface area contributed by atoms with Crippen LogP contribution in [-0.4, -0.2) is 52.3 Å². The van der Waals surface area contributed by atoms with Gasteiger partial charge in [-0.3, -0.25) is 19.2 Å². The topological polar surface area (TPSA) is 142 Å². The van der Waals surface area contributed by atoms with Gasteiger partial charge in [0.1, 0.15) is 71.1 Å². The number of carbonyl (C=O) groups excluding carboxylic acids is 4.